The molecule has 0 bridgehead atoms. The van der Waals surface area contributed by atoms with Crippen LogP contribution < -0.4 is 15.5 Å². The fraction of sp³-hybridized carbons (Fsp3) is 0.583. The molecule has 2 aromatic rings. The number of likely N-dealkylation sites (tertiary alicyclic amines) is 1. The van der Waals surface area contributed by atoms with Crippen LogP contribution in [0.15, 0.2) is 40.8 Å². The predicted octanol–water partition coefficient (Wildman–Crippen LogP) is 4.75. The minimum atomic E-state index is 0. The fourth-order valence-electron chi connectivity index (χ4n) is 4.37. The molecule has 1 fully saturated rings. The number of nitrogens with one attached hydrogen (secondary N) is 2. The SMILES string of the molecule is CCNC(=NCc1ccc(N(CC)CC)nc1)NCC1CCCN(C)C1c1cccs1.I. The van der Waals surface area contributed by atoms with E-state index < -0.39 is 0 Å². The van der Waals surface area contributed by atoms with Gasteiger partial charge < -0.3 is 15.5 Å². The van der Waals surface area contributed by atoms with E-state index in [2.05, 4.69) is 82.9 Å². The Kier molecular flexibility index (Phi) is 11.7. The van der Waals surface area contributed by atoms with Crippen molar-refractivity contribution in [3.05, 3.63) is 46.3 Å². The van der Waals surface area contributed by atoms with Gasteiger partial charge in [0.05, 0.1) is 6.54 Å². The molecule has 32 heavy (non-hydrogen) atoms. The minimum absolute atomic E-state index is 0. The Bertz CT molecular complexity index is 791. The first-order valence-electron chi connectivity index (χ1n) is 11.6. The second-order valence-electron chi connectivity index (χ2n) is 8.12. The summed E-state index contributed by atoms with van der Waals surface area (Å²) in [5.41, 5.74) is 1.13. The number of halogens is 1. The molecule has 6 nitrogen and oxygen atoms in total. The molecule has 0 aromatic carbocycles. The van der Waals surface area contributed by atoms with E-state index in [9.17, 15) is 0 Å². The highest BCUT2D eigenvalue weighted by molar-refractivity contribution is 14.0. The standard InChI is InChI=1S/C24H38N6S.HI/c1-5-25-24(27-17-19-12-13-22(26-16-19)30(6-2)7-3)28-18-20-10-8-14-29(4)23(20)21-11-9-15-31-21;/h9,11-13,15-16,20,23H,5-8,10,14,17-18H2,1-4H3,(H2,25,27,28);1H. The van der Waals surface area contributed by atoms with Crippen LogP contribution in [0.4, 0.5) is 5.82 Å². The van der Waals surface area contributed by atoms with Gasteiger partial charge in [-0.3, -0.25) is 4.90 Å². The summed E-state index contributed by atoms with van der Waals surface area (Å²) in [5.74, 6) is 2.49. The summed E-state index contributed by atoms with van der Waals surface area (Å²) in [6.45, 7) is 11.9. The highest BCUT2D eigenvalue weighted by Crippen LogP contribution is 2.36. The largest absolute Gasteiger partial charge is 0.357 e. The van der Waals surface area contributed by atoms with Crippen LogP contribution >= 0.6 is 35.3 Å². The Morgan fingerprint density at radius 3 is 2.66 bits per heavy atom. The summed E-state index contributed by atoms with van der Waals surface area (Å²) >= 11 is 1.87. The average Bonchev–Trinajstić information content (AvgIpc) is 3.32. The third-order valence-corrected chi connectivity index (χ3v) is 6.98. The third-order valence-electron chi connectivity index (χ3n) is 6.03. The molecule has 2 N–H and O–H groups in total. The number of thiophene rings is 1. The molecule has 3 rings (SSSR count). The lowest BCUT2D eigenvalue weighted by Gasteiger charge is -2.39. The lowest BCUT2D eigenvalue weighted by Crippen LogP contribution is -2.44. The molecule has 0 saturated carbocycles. The van der Waals surface area contributed by atoms with Gasteiger partial charge in [-0.2, -0.15) is 0 Å². The van der Waals surface area contributed by atoms with Crippen LogP contribution in [0, 0.1) is 5.92 Å². The molecule has 2 atom stereocenters. The van der Waals surface area contributed by atoms with E-state index in [0.29, 0.717) is 18.5 Å². The molecule has 3 heterocycles. The average molecular weight is 571 g/mol. The van der Waals surface area contributed by atoms with Gasteiger partial charge in [0.2, 0.25) is 0 Å². The van der Waals surface area contributed by atoms with Crippen LogP contribution in [-0.2, 0) is 6.54 Å². The van der Waals surface area contributed by atoms with E-state index in [-0.39, 0.29) is 24.0 Å². The Labute approximate surface area is 214 Å². The maximum Gasteiger partial charge on any atom is 0.191 e. The number of aromatic nitrogens is 1. The maximum atomic E-state index is 4.82. The molecular formula is C24H39IN6S. The van der Waals surface area contributed by atoms with Crippen molar-refractivity contribution < 1.29 is 0 Å². The molecule has 1 saturated heterocycles. The first kappa shape index (κ1) is 26.9. The van der Waals surface area contributed by atoms with E-state index in [1.807, 2.05) is 17.5 Å². The van der Waals surface area contributed by atoms with Gasteiger partial charge in [-0.15, -0.1) is 35.3 Å². The van der Waals surface area contributed by atoms with Gasteiger partial charge in [-0.1, -0.05) is 12.1 Å². The number of hydrogen-bond donors (Lipinski definition) is 2. The zero-order chi connectivity index (χ0) is 22.1. The Hall–Kier alpha value is -1.39. The van der Waals surface area contributed by atoms with Gasteiger partial charge in [0.25, 0.3) is 0 Å². The third kappa shape index (κ3) is 7.31. The molecule has 1 aliphatic rings. The molecule has 2 unspecified atom stereocenters. The van der Waals surface area contributed by atoms with Crippen molar-refractivity contribution in [2.45, 2.75) is 46.2 Å². The van der Waals surface area contributed by atoms with Gasteiger partial charge in [0.1, 0.15) is 5.82 Å². The van der Waals surface area contributed by atoms with Crippen molar-refractivity contribution in [3.63, 3.8) is 0 Å². The van der Waals surface area contributed by atoms with Crippen molar-refractivity contribution in [3.8, 4) is 0 Å². The van der Waals surface area contributed by atoms with Crippen LogP contribution in [0.2, 0.25) is 0 Å². The smallest absolute Gasteiger partial charge is 0.191 e. The molecule has 0 amide bonds. The monoisotopic (exact) mass is 570 g/mol. The molecule has 178 valence electrons. The second kappa shape index (κ2) is 14.0. The van der Waals surface area contributed by atoms with Crippen LogP contribution in [-0.4, -0.2) is 55.6 Å². The Balaban J connectivity index is 0.00000363. The number of hydrogen-bond acceptors (Lipinski definition) is 5. The highest BCUT2D eigenvalue weighted by atomic mass is 127. The van der Waals surface area contributed by atoms with E-state index in [1.54, 1.807) is 0 Å². The number of piperidine rings is 1. The van der Waals surface area contributed by atoms with E-state index in [1.165, 1.54) is 24.3 Å². The number of aliphatic imine (C=N–C) groups is 1. The molecular weight excluding hydrogens is 531 g/mol. The molecule has 2 aromatic heterocycles. The molecule has 0 radical (unpaired) electrons. The molecule has 8 heteroatoms. The number of pyridine rings is 1. The number of anilines is 1. The molecule has 1 aliphatic heterocycles. The minimum Gasteiger partial charge on any atom is -0.357 e. The lowest BCUT2D eigenvalue weighted by atomic mass is 9.88. The van der Waals surface area contributed by atoms with Crippen LogP contribution in [0.25, 0.3) is 0 Å². The van der Waals surface area contributed by atoms with Gasteiger partial charge in [-0.25, -0.2) is 9.98 Å². The lowest BCUT2D eigenvalue weighted by molar-refractivity contribution is 0.125. The zero-order valence-electron chi connectivity index (χ0n) is 19.9. The predicted molar refractivity (Wildman–Crippen MR) is 148 cm³/mol. The summed E-state index contributed by atoms with van der Waals surface area (Å²) in [6.07, 6.45) is 4.45. The van der Waals surface area contributed by atoms with Gasteiger partial charge in [0.15, 0.2) is 5.96 Å². The van der Waals surface area contributed by atoms with E-state index in [0.717, 1.165) is 43.5 Å². The number of rotatable bonds is 9. The summed E-state index contributed by atoms with van der Waals surface area (Å²) in [7, 11) is 2.25. The van der Waals surface area contributed by atoms with Crippen molar-refractivity contribution >= 4 is 47.1 Å². The van der Waals surface area contributed by atoms with Gasteiger partial charge in [0, 0.05) is 43.3 Å². The summed E-state index contributed by atoms with van der Waals surface area (Å²) in [4.78, 5) is 15.7. The van der Waals surface area contributed by atoms with Crippen molar-refractivity contribution in [1.29, 1.82) is 0 Å². The maximum absolute atomic E-state index is 4.82. The first-order chi connectivity index (χ1) is 15.2. The molecule has 0 aliphatic carbocycles. The zero-order valence-corrected chi connectivity index (χ0v) is 23.0. The normalized spacial score (nSPS) is 19.3. The first-order valence-corrected chi connectivity index (χ1v) is 12.5. The van der Waals surface area contributed by atoms with Crippen molar-refractivity contribution in [1.82, 2.24) is 20.5 Å². The number of guanidine groups is 1. The van der Waals surface area contributed by atoms with Crippen molar-refractivity contribution in [2.24, 2.45) is 10.9 Å². The van der Waals surface area contributed by atoms with E-state index in [4.69, 9.17) is 4.99 Å². The second-order valence-corrected chi connectivity index (χ2v) is 9.10. The summed E-state index contributed by atoms with van der Waals surface area (Å²) in [5, 5.41) is 9.20. The highest BCUT2D eigenvalue weighted by Gasteiger charge is 2.31. The van der Waals surface area contributed by atoms with Crippen LogP contribution in [0.3, 0.4) is 0 Å². The fourth-order valence-corrected chi connectivity index (χ4v) is 5.35. The van der Waals surface area contributed by atoms with E-state index >= 15 is 0 Å². The Morgan fingerprint density at radius 2 is 2.03 bits per heavy atom. The quantitative estimate of drug-likeness (QED) is 0.259. The molecule has 0 spiro atoms. The van der Waals surface area contributed by atoms with Gasteiger partial charge >= 0.3 is 0 Å². The summed E-state index contributed by atoms with van der Waals surface area (Å²) in [6, 6.07) is 9.16. The van der Waals surface area contributed by atoms with Crippen LogP contribution in [0.5, 0.6) is 0 Å². The topological polar surface area (TPSA) is 55.8 Å². The summed E-state index contributed by atoms with van der Waals surface area (Å²) < 4.78 is 0. The number of nitrogens with zero attached hydrogens (tertiary/aromatic N) is 4. The Morgan fingerprint density at radius 1 is 1.22 bits per heavy atom. The van der Waals surface area contributed by atoms with Crippen molar-refractivity contribution in [2.75, 3.05) is 44.7 Å². The van der Waals surface area contributed by atoms with Crippen LogP contribution in [0.1, 0.15) is 50.1 Å². The van der Waals surface area contributed by atoms with Gasteiger partial charge in [-0.05, 0) is 76.2 Å².